The maximum absolute atomic E-state index is 12.2. The molecule has 1 aromatic rings. The van der Waals surface area contributed by atoms with Crippen molar-refractivity contribution in [1.82, 2.24) is 5.32 Å². The van der Waals surface area contributed by atoms with Crippen LogP contribution >= 0.6 is 0 Å². The van der Waals surface area contributed by atoms with Crippen molar-refractivity contribution >= 4 is 11.6 Å². The number of Topliss-reactive ketones (excluding diaryl/α,β-unsaturated/α-hetero) is 2. The van der Waals surface area contributed by atoms with Gasteiger partial charge in [-0.25, -0.2) is 0 Å². The van der Waals surface area contributed by atoms with Gasteiger partial charge in [0.1, 0.15) is 0 Å². The Morgan fingerprint density at radius 3 is 2.69 bits per heavy atom. The van der Waals surface area contributed by atoms with E-state index in [4.69, 9.17) is 4.74 Å². The number of hydrogen-bond donors (Lipinski definition) is 1. The summed E-state index contributed by atoms with van der Waals surface area (Å²) in [5.41, 5.74) is -0.133. The Balaban J connectivity index is 2.12. The number of epoxide rings is 1. The summed E-state index contributed by atoms with van der Waals surface area (Å²) in [5, 5.41) is 2.96. The molecular weight excluding hydrogens is 206 g/mol. The first-order chi connectivity index (χ1) is 7.70. The summed E-state index contributed by atoms with van der Waals surface area (Å²) in [6.45, 7) is 2.48. The van der Waals surface area contributed by atoms with E-state index < -0.39 is 11.8 Å². The summed E-state index contributed by atoms with van der Waals surface area (Å²) in [4.78, 5) is 24.1. The molecule has 0 bridgehead atoms. The fraction of sp³-hybridized carbons (Fsp3) is 0.333. The molecule has 2 atom stereocenters. The average molecular weight is 217 g/mol. The maximum atomic E-state index is 12.2. The second-order valence-corrected chi connectivity index (χ2v) is 4.00. The lowest BCUT2D eigenvalue weighted by Gasteiger charge is -2.18. The molecule has 1 N–H and O–H groups in total. The molecule has 2 aliphatic rings. The van der Waals surface area contributed by atoms with Crippen LogP contribution in [0.5, 0.6) is 0 Å². The minimum atomic E-state index is -1.07. The van der Waals surface area contributed by atoms with E-state index in [-0.39, 0.29) is 11.6 Å². The molecule has 1 aromatic carbocycles. The Morgan fingerprint density at radius 1 is 1.31 bits per heavy atom. The second kappa shape index (κ2) is 2.99. The molecule has 0 radical (unpaired) electrons. The van der Waals surface area contributed by atoms with Crippen LogP contribution in [-0.2, 0) is 4.74 Å². The van der Waals surface area contributed by atoms with Crippen molar-refractivity contribution in [3.8, 4) is 0 Å². The topological polar surface area (TPSA) is 58.7 Å². The van der Waals surface area contributed by atoms with E-state index in [9.17, 15) is 9.59 Å². The molecule has 1 aliphatic heterocycles. The SMILES string of the molecule is CCNC12OC1C(=O)c1ccccc1C2=O. The fourth-order valence-corrected chi connectivity index (χ4v) is 2.28. The molecule has 4 heteroatoms. The van der Waals surface area contributed by atoms with Gasteiger partial charge in [-0.05, 0) is 6.54 Å². The lowest BCUT2D eigenvalue weighted by atomic mass is 9.86. The molecule has 82 valence electrons. The largest absolute Gasteiger partial charge is 0.333 e. The Kier molecular flexibility index (Phi) is 1.81. The van der Waals surface area contributed by atoms with Gasteiger partial charge in [-0.3, -0.25) is 14.9 Å². The van der Waals surface area contributed by atoms with E-state index in [1.165, 1.54) is 0 Å². The third-order valence-electron chi connectivity index (χ3n) is 3.07. The van der Waals surface area contributed by atoms with Crippen LogP contribution in [0.2, 0.25) is 0 Å². The van der Waals surface area contributed by atoms with Gasteiger partial charge in [-0.1, -0.05) is 31.2 Å². The first kappa shape index (κ1) is 9.69. The molecule has 1 saturated heterocycles. The van der Waals surface area contributed by atoms with Crippen LogP contribution in [-0.4, -0.2) is 29.9 Å². The van der Waals surface area contributed by atoms with Gasteiger partial charge < -0.3 is 4.74 Å². The Morgan fingerprint density at radius 2 is 2.00 bits per heavy atom. The third-order valence-corrected chi connectivity index (χ3v) is 3.07. The number of likely N-dealkylation sites (N-methyl/N-ethyl adjacent to an activating group) is 1. The second-order valence-electron chi connectivity index (χ2n) is 4.00. The highest BCUT2D eigenvalue weighted by molar-refractivity contribution is 6.22. The summed E-state index contributed by atoms with van der Waals surface area (Å²) in [7, 11) is 0. The van der Waals surface area contributed by atoms with Crippen molar-refractivity contribution < 1.29 is 14.3 Å². The smallest absolute Gasteiger partial charge is 0.218 e. The summed E-state index contributed by atoms with van der Waals surface area (Å²) in [5.74, 6) is -0.231. The van der Waals surface area contributed by atoms with Crippen molar-refractivity contribution in [2.24, 2.45) is 0 Å². The van der Waals surface area contributed by atoms with Crippen molar-refractivity contribution in [3.05, 3.63) is 35.4 Å². The molecule has 4 nitrogen and oxygen atoms in total. The summed E-state index contributed by atoms with van der Waals surface area (Å²) in [6.07, 6.45) is -0.630. The molecule has 1 heterocycles. The predicted molar refractivity (Wildman–Crippen MR) is 56.4 cm³/mol. The van der Waals surface area contributed by atoms with Gasteiger partial charge in [0, 0.05) is 11.1 Å². The van der Waals surface area contributed by atoms with E-state index in [1.807, 2.05) is 6.92 Å². The van der Waals surface area contributed by atoms with Gasteiger partial charge in [-0.2, -0.15) is 0 Å². The van der Waals surface area contributed by atoms with Gasteiger partial charge in [0.05, 0.1) is 0 Å². The molecule has 0 aromatic heterocycles. The molecule has 3 rings (SSSR count). The van der Waals surface area contributed by atoms with Crippen LogP contribution in [0.15, 0.2) is 24.3 Å². The molecule has 2 unspecified atom stereocenters. The zero-order chi connectivity index (χ0) is 11.3. The van der Waals surface area contributed by atoms with Gasteiger partial charge >= 0.3 is 0 Å². The van der Waals surface area contributed by atoms with Crippen molar-refractivity contribution in [2.75, 3.05) is 6.54 Å². The number of nitrogens with one attached hydrogen (secondary N) is 1. The van der Waals surface area contributed by atoms with Crippen LogP contribution in [0, 0.1) is 0 Å². The number of rotatable bonds is 2. The highest BCUT2D eigenvalue weighted by Crippen LogP contribution is 2.43. The minimum Gasteiger partial charge on any atom is -0.333 e. The third kappa shape index (κ3) is 1.00. The number of fused-ring (bicyclic) bond motifs is 2. The van der Waals surface area contributed by atoms with Crippen molar-refractivity contribution in [2.45, 2.75) is 18.8 Å². The van der Waals surface area contributed by atoms with E-state index in [1.54, 1.807) is 24.3 Å². The van der Waals surface area contributed by atoms with Crippen LogP contribution in [0.4, 0.5) is 0 Å². The number of carbonyl (C=O) groups is 2. The summed E-state index contributed by atoms with van der Waals surface area (Å²) >= 11 is 0. The molecule has 0 amide bonds. The number of carbonyl (C=O) groups excluding carboxylic acids is 2. The number of ketones is 2. The predicted octanol–water partition coefficient (Wildman–Crippen LogP) is 0.770. The van der Waals surface area contributed by atoms with Crippen molar-refractivity contribution in [3.63, 3.8) is 0 Å². The van der Waals surface area contributed by atoms with Gasteiger partial charge in [0.15, 0.2) is 11.9 Å². The van der Waals surface area contributed by atoms with E-state index in [2.05, 4.69) is 5.32 Å². The monoisotopic (exact) mass is 217 g/mol. The van der Waals surface area contributed by atoms with E-state index in [0.717, 1.165) is 0 Å². The van der Waals surface area contributed by atoms with Crippen LogP contribution in [0.3, 0.4) is 0 Å². The lowest BCUT2D eigenvalue weighted by molar-refractivity contribution is 0.0828. The molecule has 0 saturated carbocycles. The quantitative estimate of drug-likeness (QED) is 0.743. The minimum absolute atomic E-state index is 0.101. The summed E-state index contributed by atoms with van der Waals surface area (Å²) < 4.78 is 5.30. The Bertz CT molecular complexity index is 497. The number of ether oxygens (including phenoxy) is 1. The van der Waals surface area contributed by atoms with Gasteiger partial charge in [0.25, 0.3) is 0 Å². The normalized spacial score (nSPS) is 30.9. The fourth-order valence-electron chi connectivity index (χ4n) is 2.28. The first-order valence-corrected chi connectivity index (χ1v) is 5.31. The maximum Gasteiger partial charge on any atom is 0.218 e. The molecular formula is C12H11NO3. The van der Waals surface area contributed by atoms with Crippen molar-refractivity contribution in [1.29, 1.82) is 0 Å². The highest BCUT2D eigenvalue weighted by atomic mass is 16.6. The van der Waals surface area contributed by atoms with Crippen LogP contribution in [0.25, 0.3) is 0 Å². The Hall–Kier alpha value is -1.52. The highest BCUT2D eigenvalue weighted by Gasteiger charge is 2.68. The zero-order valence-electron chi connectivity index (χ0n) is 8.82. The molecule has 1 aliphatic carbocycles. The van der Waals surface area contributed by atoms with Crippen LogP contribution in [0.1, 0.15) is 27.6 Å². The summed E-state index contributed by atoms with van der Waals surface area (Å²) in [6, 6.07) is 6.86. The molecule has 1 fully saturated rings. The van der Waals surface area contributed by atoms with Crippen LogP contribution < -0.4 is 5.32 Å². The van der Waals surface area contributed by atoms with E-state index in [0.29, 0.717) is 17.7 Å². The number of hydrogen-bond acceptors (Lipinski definition) is 4. The Labute approximate surface area is 92.6 Å². The number of benzene rings is 1. The first-order valence-electron chi connectivity index (χ1n) is 5.31. The molecule has 16 heavy (non-hydrogen) atoms. The standard InChI is InChI=1S/C12H11NO3/c1-2-13-12-10(15)8-6-4-3-5-7(8)9(14)11(12)16-12/h3-6,11,13H,2H2,1H3. The zero-order valence-corrected chi connectivity index (χ0v) is 8.82. The van der Waals surface area contributed by atoms with Gasteiger partial charge in [0.2, 0.25) is 11.5 Å². The lowest BCUT2D eigenvalue weighted by Crippen LogP contribution is -2.47. The molecule has 0 spiro atoms. The van der Waals surface area contributed by atoms with Gasteiger partial charge in [-0.15, -0.1) is 0 Å². The average Bonchev–Trinajstić information content (AvgIpc) is 3.03. The van der Waals surface area contributed by atoms with E-state index >= 15 is 0 Å².